The van der Waals surface area contributed by atoms with Crippen LogP contribution in [0.1, 0.15) is 26.3 Å². The van der Waals surface area contributed by atoms with Gasteiger partial charge in [0.1, 0.15) is 5.75 Å². The first-order valence-corrected chi connectivity index (χ1v) is 12.7. The summed E-state index contributed by atoms with van der Waals surface area (Å²) in [6.07, 6.45) is 0.221. The normalized spacial score (nSPS) is 16.2. The molecule has 0 bridgehead atoms. The lowest BCUT2D eigenvalue weighted by atomic mass is 10.0. The van der Waals surface area contributed by atoms with Gasteiger partial charge < -0.3 is 19.6 Å². The summed E-state index contributed by atoms with van der Waals surface area (Å²) in [5, 5.41) is 15.7. The fourth-order valence-electron chi connectivity index (χ4n) is 4.54. The van der Waals surface area contributed by atoms with Crippen LogP contribution in [-0.2, 0) is 6.42 Å². The van der Waals surface area contributed by atoms with Crippen LogP contribution < -0.4 is 24.9 Å². The lowest BCUT2D eigenvalue weighted by molar-refractivity contribution is 0.184. The van der Waals surface area contributed by atoms with Crippen LogP contribution in [-0.4, -0.2) is 33.2 Å². The van der Waals surface area contributed by atoms with Crippen LogP contribution in [0.25, 0.3) is 0 Å². The molecular formula is C26H31NO3Si. The number of fused-ring (bicyclic) bond motifs is 1. The van der Waals surface area contributed by atoms with Crippen molar-refractivity contribution in [1.82, 2.24) is 0 Å². The Kier molecular flexibility index (Phi) is 5.82. The summed E-state index contributed by atoms with van der Waals surface area (Å²) in [6.45, 7) is 7.33. The second-order valence-corrected chi connectivity index (χ2v) is 13.4. The van der Waals surface area contributed by atoms with E-state index in [2.05, 4.69) is 74.6 Å². The predicted octanol–water partition coefficient (Wildman–Crippen LogP) is 3.96. The van der Waals surface area contributed by atoms with E-state index in [1.165, 1.54) is 10.4 Å². The number of β-amino-alcohol motifs (C(OH)–C–C–N with tert-alkyl or cyclic N) is 1. The van der Waals surface area contributed by atoms with E-state index in [9.17, 15) is 5.11 Å². The largest absolute Gasteiger partial charge is 0.531 e. The molecule has 31 heavy (non-hydrogen) atoms. The molecule has 3 aromatic rings. The van der Waals surface area contributed by atoms with Gasteiger partial charge in [0, 0.05) is 24.7 Å². The maximum absolute atomic E-state index is 10.1. The number of rotatable bonds is 5. The first-order chi connectivity index (χ1) is 14.8. The molecule has 0 saturated carbocycles. The molecule has 0 aliphatic carbocycles. The highest BCUT2D eigenvalue weighted by Gasteiger charge is 2.52. The van der Waals surface area contributed by atoms with Crippen molar-refractivity contribution in [2.24, 2.45) is 0 Å². The third kappa shape index (κ3) is 3.95. The van der Waals surface area contributed by atoms with E-state index in [1.807, 2.05) is 24.3 Å². The van der Waals surface area contributed by atoms with Crippen molar-refractivity contribution < 1.29 is 14.3 Å². The van der Waals surface area contributed by atoms with Gasteiger partial charge in [0.15, 0.2) is 5.75 Å². The van der Waals surface area contributed by atoms with Gasteiger partial charge in [-0.05, 0) is 27.0 Å². The number of benzene rings is 3. The number of nitrogens with one attached hydrogen (secondary N) is 1. The standard InChI is InChI=1S/C26H31NO3Si/c1-26(2,3)31(21-11-7-5-8-12-21,22-13-9-6-10-14-22)30-25-17-23-19(16-24(25)29-4)15-20(28)18-27-23/h5-14,16-17,20,27-28H,15,18H2,1-4H3/t20-/m1/s1. The van der Waals surface area contributed by atoms with Crippen molar-refractivity contribution in [3.05, 3.63) is 78.4 Å². The minimum Gasteiger partial charge on any atom is -0.531 e. The van der Waals surface area contributed by atoms with Gasteiger partial charge >= 0.3 is 8.32 Å². The second kappa shape index (κ2) is 8.40. The topological polar surface area (TPSA) is 50.7 Å². The molecule has 4 nitrogen and oxygen atoms in total. The highest BCUT2D eigenvalue weighted by molar-refractivity contribution is 7.00. The Morgan fingerprint density at radius 1 is 0.903 bits per heavy atom. The van der Waals surface area contributed by atoms with E-state index >= 15 is 0 Å². The van der Waals surface area contributed by atoms with Crippen LogP contribution in [0.15, 0.2) is 72.8 Å². The van der Waals surface area contributed by atoms with Gasteiger partial charge in [-0.1, -0.05) is 81.4 Å². The second-order valence-electron chi connectivity index (χ2n) is 9.16. The zero-order valence-electron chi connectivity index (χ0n) is 18.7. The first-order valence-electron chi connectivity index (χ1n) is 10.8. The van der Waals surface area contributed by atoms with Crippen LogP contribution in [0.3, 0.4) is 0 Å². The molecule has 0 amide bonds. The molecule has 3 aromatic carbocycles. The van der Waals surface area contributed by atoms with E-state index in [4.69, 9.17) is 9.16 Å². The summed E-state index contributed by atoms with van der Waals surface area (Å²) in [5.41, 5.74) is 2.05. The summed E-state index contributed by atoms with van der Waals surface area (Å²) in [6, 6.07) is 25.2. The number of hydrogen-bond donors (Lipinski definition) is 2. The highest BCUT2D eigenvalue weighted by Crippen LogP contribution is 2.42. The van der Waals surface area contributed by atoms with Crippen LogP contribution in [0.4, 0.5) is 5.69 Å². The number of ether oxygens (including phenoxy) is 1. The molecule has 0 spiro atoms. The Balaban J connectivity index is 1.92. The number of methoxy groups -OCH3 is 1. The molecule has 0 saturated heterocycles. The van der Waals surface area contributed by atoms with Crippen molar-refractivity contribution in [2.75, 3.05) is 19.0 Å². The third-order valence-corrected chi connectivity index (χ3v) is 11.0. The van der Waals surface area contributed by atoms with Crippen molar-refractivity contribution in [3.63, 3.8) is 0 Å². The molecular weight excluding hydrogens is 402 g/mol. The lowest BCUT2D eigenvalue weighted by Gasteiger charge is -2.43. The molecule has 1 aliphatic rings. The predicted molar refractivity (Wildman–Crippen MR) is 129 cm³/mol. The smallest absolute Gasteiger partial charge is 0.320 e. The Bertz CT molecular complexity index is 992. The Morgan fingerprint density at radius 2 is 1.48 bits per heavy atom. The van der Waals surface area contributed by atoms with Gasteiger partial charge in [-0.2, -0.15) is 0 Å². The Hall–Kier alpha value is -2.76. The number of anilines is 1. The molecule has 4 rings (SSSR count). The number of aliphatic hydroxyl groups is 1. The molecule has 0 radical (unpaired) electrons. The van der Waals surface area contributed by atoms with Crippen LogP contribution in [0.5, 0.6) is 11.5 Å². The summed E-state index contributed by atoms with van der Waals surface area (Å²) in [7, 11) is -1.08. The van der Waals surface area contributed by atoms with Gasteiger partial charge in [0.2, 0.25) is 0 Å². The average Bonchev–Trinajstić information content (AvgIpc) is 2.77. The van der Waals surface area contributed by atoms with Crippen LogP contribution in [0.2, 0.25) is 5.04 Å². The Morgan fingerprint density at radius 3 is 2.00 bits per heavy atom. The van der Waals surface area contributed by atoms with E-state index in [-0.39, 0.29) is 11.1 Å². The van der Waals surface area contributed by atoms with E-state index in [0.717, 1.165) is 17.0 Å². The van der Waals surface area contributed by atoms with E-state index in [0.29, 0.717) is 18.7 Å². The van der Waals surface area contributed by atoms with E-state index < -0.39 is 8.32 Å². The van der Waals surface area contributed by atoms with Gasteiger partial charge in [0.05, 0.1) is 13.2 Å². The minimum absolute atomic E-state index is 0.139. The maximum atomic E-state index is 10.1. The summed E-state index contributed by atoms with van der Waals surface area (Å²) in [5.74, 6) is 1.43. The third-order valence-electron chi connectivity index (χ3n) is 6.05. The Labute approximate surface area is 186 Å². The summed E-state index contributed by atoms with van der Waals surface area (Å²) >= 11 is 0. The van der Waals surface area contributed by atoms with E-state index in [1.54, 1.807) is 7.11 Å². The summed E-state index contributed by atoms with van der Waals surface area (Å²) in [4.78, 5) is 0. The van der Waals surface area contributed by atoms with Crippen molar-refractivity contribution in [3.8, 4) is 11.5 Å². The fourth-order valence-corrected chi connectivity index (χ4v) is 8.96. The van der Waals surface area contributed by atoms with Crippen LogP contribution in [0, 0.1) is 0 Å². The zero-order valence-corrected chi connectivity index (χ0v) is 19.7. The molecule has 2 N–H and O–H groups in total. The van der Waals surface area contributed by atoms with Gasteiger partial charge in [-0.3, -0.25) is 0 Å². The number of aliphatic hydroxyl groups excluding tert-OH is 1. The molecule has 0 unspecified atom stereocenters. The van der Waals surface area contributed by atoms with Gasteiger partial charge in [0.25, 0.3) is 0 Å². The summed E-state index contributed by atoms with van der Waals surface area (Å²) < 4.78 is 12.9. The zero-order chi connectivity index (χ0) is 22.1. The molecule has 0 fully saturated rings. The lowest BCUT2D eigenvalue weighted by Crippen LogP contribution is -2.68. The fraction of sp³-hybridized carbons (Fsp3) is 0.308. The molecule has 1 heterocycles. The van der Waals surface area contributed by atoms with Crippen molar-refractivity contribution in [2.45, 2.75) is 38.3 Å². The SMILES string of the molecule is COc1cc2c(cc1O[Si](c1ccccc1)(c1ccccc1)C(C)(C)C)NC[C@H](O)C2. The average molecular weight is 434 g/mol. The first kappa shape index (κ1) is 21.5. The molecule has 0 aromatic heterocycles. The quantitative estimate of drug-likeness (QED) is 0.598. The molecule has 1 aliphatic heterocycles. The minimum atomic E-state index is -2.75. The van der Waals surface area contributed by atoms with Crippen molar-refractivity contribution in [1.29, 1.82) is 0 Å². The number of hydrogen-bond acceptors (Lipinski definition) is 4. The monoisotopic (exact) mass is 433 g/mol. The molecule has 1 atom stereocenters. The molecule has 162 valence electrons. The highest BCUT2D eigenvalue weighted by atomic mass is 28.4. The van der Waals surface area contributed by atoms with Crippen LogP contribution >= 0.6 is 0 Å². The van der Waals surface area contributed by atoms with Gasteiger partial charge in [-0.15, -0.1) is 0 Å². The van der Waals surface area contributed by atoms with Crippen molar-refractivity contribution >= 4 is 24.4 Å². The molecule has 5 heteroatoms. The maximum Gasteiger partial charge on any atom is 0.320 e. The van der Waals surface area contributed by atoms with Gasteiger partial charge in [-0.25, -0.2) is 0 Å².